The van der Waals surface area contributed by atoms with Gasteiger partial charge in [0, 0.05) is 18.7 Å². The van der Waals surface area contributed by atoms with Crippen LogP contribution < -0.4 is 19.1 Å². The number of benzene rings is 2. The molecule has 10 heteroatoms. The van der Waals surface area contributed by atoms with Gasteiger partial charge in [0.05, 0.1) is 32.9 Å². The molecule has 3 amide bonds. The quantitative estimate of drug-likeness (QED) is 0.342. The van der Waals surface area contributed by atoms with Gasteiger partial charge in [-0.3, -0.25) is 14.4 Å². The number of nitrogens with zero attached hydrogens (tertiary/aromatic N) is 2. The Hall–Kier alpha value is -4.34. The van der Waals surface area contributed by atoms with Gasteiger partial charge < -0.3 is 24.2 Å². The lowest BCUT2D eigenvalue weighted by molar-refractivity contribution is -0.135. The fourth-order valence-electron chi connectivity index (χ4n) is 3.99. The summed E-state index contributed by atoms with van der Waals surface area (Å²) in [6.45, 7) is 2.60. The van der Waals surface area contributed by atoms with Crippen LogP contribution in [0.1, 0.15) is 25.3 Å². The Morgan fingerprint density at radius 2 is 1.76 bits per heavy atom. The molecule has 1 aliphatic rings. The summed E-state index contributed by atoms with van der Waals surface area (Å²) in [6, 6.07) is 10.8. The number of carboxylic acid groups (broad SMARTS) is 1. The van der Waals surface area contributed by atoms with Crippen molar-refractivity contribution in [2.24, 2.45) is 0 Å². The molecule has 1 saturated heterocycles. The summed E-state index contributed by atoms with van der Waals surface area (Å²) in [6.07, 6.45) is 2.55. The van der Waals surface area contributed by atoms with Crippen molar-refractivity contribution in [1.82, 2.24) is 4.90 Å². The van der Waals surface area contributed by atoms with Gasteiger partial charge in [-0.1, -0.05) is 13.0 Å². The monoisotopic (exact) mass is 510 g/mol. The molecule has 0 unspecified atom stereocenters. The number of imide groups is 1. The molecule has 37 heavy (non-hydrogen) atoms. The van der Waals surface area contributed by atoms with E-state index in [1.54, 1.807) is 42.5 Å². The molecule has 2 aromatic carbocycles. The second-order valence-corrected chi connectivity index (χ2v) is 8.27. The number of aliphatic carboxylic acids is 1. The van der Waals surface area contributed by atoms with Gasteiger partial charge in [-0.05, 0) is 54.8 Å². The number of hydrogen-bond donors (Lipinski definition) is 1. The van der Waals surface area contributed by atoms with Crippen molar-refractivity contribution < 1.29 is 38.5 Å². The van der Waals surface area contributed by atoms with Crippen LogP contribution in [0.4, 0.5) is 5.69 Å². The van der Waals surface area contributed by atoms with Gasteiger partial charge in [0.25, 0.3) is 5.91 Å². The Morgan fingerprint density at radius 3 is 2.38 bits per heavy atom. The summed E-state index contributed by atoms with van der Waals surface area (Å²) in [4.78, 5) is 52.4. The molecule has 1 N–H and O–H groups in total. The zero-order chi connectivity index (χ0) is 26.9. The smallest absolute Gasteiger partial charge is 0.328 e. The minimum atomic E-state index is -1.30. The average Bonchev–Trinajstić information content (AvgIpc) is 3.19. The van der Waals surface area contributed by atoms with Crippen molar-refractivity contribution in [2.75, 3.05) is 32.3 Å². The van der Waals surface area contributed by atoms with Crippen LogP contribution in [-0.4, -0.2) is 67.1 Å². The van der Waals surface area contributed by atoms with Crippen LogP contribution in [0.5, 0.6) is 17.2 Å². The third-order valence-corrected chi connectivity index (χ3v) is 5.81. The maximum Gasteiger partial charge on any atom is 0.328 e. The first-order valence-corrected chi connectivity index (χ1v) is 11.8. The van der Waals surface area contributed by atoms with E-state index in [0.29, 0.717) is 42.0 Å². The molecule has 1 fully saturated rings. The van der Waals surface area contributed by atoms with E-state index in [9.17, 15) is 19.2 Å². The lowest BCUT2D eigenvalue weighted by atomic mass is 10.1. The standard InChI is InChI=1S/C27H30N2O8/c1-4-15-37-20-8-6-19(7-9-20)29-25(31)17-21(27(29)34)28(24(30)11-12-26(32)33)14-13-18-5-10-22(35-2)23(16-18)36-3/h5-12,16,21H,4,13-15,17H2,1-3H3,(H,32,33)/b12-11+/t21-/m0/s1. The van der Waals surface area contributed by atoms with Crippen LogP contribution in [0, 0.1) is 0 Å². The van der Waals surface area contributed by atoms with Crippen LogP contribution in [0.25, 0.3) is 0 Å². The lowest BCUT2D eigenvalue weighted by Crippen LogP contribution is -2.46. The highest BCUT2D eigenvalue weighted by Gasteiger charge is 2.44. The third kappa shape index (κ3) is 6.66. The van der Waals surface area contributed by atoms with Crippen LogP contribution >= 0.6 is 0 Å². The fraction of sp³-hybridized carbons (Fsp3) is 0.333. The normalized spacial score (nSPS) is 15.2. The molecule has 0 radical (unpaired) electrons. The van der Waals surface area contributed by atoms with Crippen LogP contribution in [0.3, 0.4) is 0 Å². The maximum atomic E-state index is 13.4. The topological polar surface area (TPSA) is 123 Å². The van der Waals surface area contributed by atoms with Crippen LogP contribution in [0.2, 0.25) is 0 Å². The number of methoxy groups -OCH3 is 2. The minimum absolute atomic E-state index is 0.0690. The molecule has 0 aliphatic carbocycles. The number of hydrogen-bond acceptors (Lipinski definition) is 7. The molecule has 196 valence electrons. The van der Waals surface area contributed by atoms with Gasteiger partial charge in [-0.25, -0.2) is 9.69 Å². The molecule has 2 aromatic rings. The van der Waals surface area contributed by atoms with Gasteiger partial charge in [0.2, 0.25) is 11.8 Å². The van der Waals surface area contributed by atoms with Gasteiger partial charge in [-0.2, -0.15) is 0 Å². The Morgan fingerprint density at radius 1 is 1.05 bits per heavy atom. The van der Waals surface area contributed by atoms with Crippen LogP contribution in [-0.2, 0) is 25.6 Å². The molecule has 0 spiro atoms. The number of amides is 3. The molecule has 10 nitrogen and oxygen atoms in total. The molecule has 1 heterocycles. The van der Waals surface area contributed by atoms with Gasteiger partial charge in [-0.15, -0.1) is 0 Å². The number of rotatable bonds is 12. The number of anilines is 1. The van der Waals surface area contributed by atoms with Crippen molar-refractivity contribution >= 4 is 29.4 Å². The van der Waals surface area contributed by atoms with Crippen molar-refractivity contribution in [3.05, 3.63) is 60.2 Å². The van der Waals surface area contributed by atoms with E-state index in [4.69, 9.17) is 19.3 Å². The largest absolute Gasteiger partial charge is 0.494 e. The Balaban J connectivity index is 1.83. The molecule has 1 atom stereocenters. The summed E-state index contributed by atoms with van der Waals surface area (Å²) in [5, 5.41) is 8.96. The van der Waals surface area contributed by atoms with E-state index in [-0.39, 0.29) is 13.0 Å². The van der Waals surface area contributed by atoms with E-state index in [0.717, 1.165) is 23.0 Å². The van der Waals surface area contributed by atoms with Crippen LogP contribution in [0.15, 0.2) is 54.6 Å². The van der Waals surface area contributed by atoms with Crippen molar-refractivity contribution in [2.45, 2.75) is 32.2 Å². The molecule has 3 rings (SSSR count). The number of ether oxygens (including phenoxy) is 3. The summed E-state index contributed by atoms with van der Waals surface area (Å²) in [5.41, 5.74) is 1.17. The predicted octanol–water partition coefficient (Wildman–Crippen LogP) is 2.84. The summed E-state index contributed by atoms with van der Waals surface area (Å²) in [5.74, 6) is -1.32. The number of carbonyl (C=O) groups is 4. The lowest BCUT2D eigenvalue weighted by Gasteiger charge is -2.27. The molecule has 0 saturated carbocycles. The van der Waals surface area contributed by atoms with Crippen molar-refractivity contribution in [3.8, 4) is 17.2 Å². The number of carbonyl (C=O) groups excluding carboxylic acids is 3. The van der Waals surface area contributed by atoms with Gasteiger partial charge in [0.1, 0.15) is 11.8 Å². The van der Waals surface area contributed by atoms with E-state index < -0.39 is 29.7 Å². The van der Waals surface area contributed by atoms with Gasteiger partial charge >= 0.3 is 5.97 Å². The second-order valence-electron chi connectivity index (χ2n) is 8.27. The SMILES string of the molecule is CCCOc1ccc(N2C(=O)C[C@H](N(CCc3ccc(OC)c(OC)c3)C(=O)/C=C/C(=O)O)C2=O)cc1. The predicted molar refractivity (Wildman–Crippen MR) is 135 cm³/mol. The number of carboxylic acids is 1. The second kappa shape index (κ2) is 12.6. The summed E-state index contributed by atoms with van der Waals surface area (Å²) >= 11 is 0. The minimum Gasteiger partial charge on any atom is -0.494 e. The molecular formula is C27H30N2O8. The fourth-order valence-corrected chi connectivity index (χ4v) is 3.99. The maximum absolute atomic E-state index is 13.4. The first-order chi connectivity index (χ1) is 17.8. The Kier molecular flexibility index (Phi) is 9.26. The molecular weight excluding hydrogens is 480 g/mol. The Labute approximate surface area is 215 Å². The summed E-state index contributed by atoms with van der Waals surface area (Å²) in [7, 11) is 3.03. The van der Waals surface area contributed by atoms with Crippen molar-refractivity contribution in [1.29, 1.82) is 0 Å². The average molecular weight is 511 g/mol. The van der Waals surface area contributed by atoms with E-state index >= 15 is 0 Å². The van der Waals surface area contributed by atoms with E-state index in [1.807, 2.05) is 6.92 Å². The highest BCUT2D eigenvalue weighted by molar-refractivity contribution is 6.23. The zero-order valence-corrected chi connectivity index (χ0v) is 21.0. The van der Waals surface area contributed by atoms with Gasteiger partial charge in [0.15, 0.2) is 11.5 Å². The highest BCUT2D eigenvalue weighted by atomic mass is 16.5. The summed E-state index contributed by atoms with van der Waals surface area (Å²) < 4.78 is 16.1. The van der Waals surface area contributed by atoms with E-state index in [1.165, 1.54) is 19.1 Å². The first-order valence-electron chi connectivity index (χ1n) is 11.8. The Bertz CT molecular complexity index is 1180. The first kappa shape index (κ1) is 27.3. The van der Waals surface area contributed by atoms with E-state index in [2.05, 4.69) is 0 Å². The van der Waals surface area contributed by atoms with Crippen molar-refractivity contribution in [3.63, 3.8) is 0 Å². The molecule has 0 aromatic heterocycles. The zero-order valence-electron chi connectivity index (χ0n) is 21.0. The third-order valence-electron chi connectivity index (χ3n) is 5.81. The highest BCUT2D eigenvalue weighted by Crippen LogP contribution is 2.30. The molecule has 0 bridgehead atoms. The molecule has 1 aliphatic heterocycles.